The van der Waals surface area contributed by atoms with Gasteiger partial charge in [0.2, 0.25) is 0 Å². The summed E-state index contributed by atoms with van der Waals surface area (Å²) in [7, 11) is 2.12. The van der Waals surface area contributed by atoms with Crippen molar-refractivity contribution in [1.29, 1.82) is 0 Å². The second kappa shape index (κ2) is 4.24. The Kier molecular flexibility index (Phi) is 3.53. The summed E-state index contributed by atoms with van der Waals surface area (Å²) in [5.74, 6) is 0.382. The van der Waals surface area contributed by atoms with E-state index < -0.39 is 0 Å². The molecule has 2 heteroatoms. The van der Waals surface area contributed by atoms with Crippen molar-refractivity contribution < 1.29 is 5.11 Å². The minimum atomic E-state index is -0.157. The third-order valence-corrected chi connectivity index (χ3v) is 2.94. The molecule has 0 spiro atoms. The van der Waals surface area contributed by atoms with Crippen LogP contribution in [0, 0.1) is 5.92 Å². The first-order valence-corrected chi connectivity index (χ1v) is 4.99. The van der Waals surface area contributed by atoms with Gasteiger partial charge in [0, 0.05) is 12.6 Å². The molecule has 0 amide bonds. The van der Waals surface area contributed by atoms with Crippen molar-refractivity contribution in [3.8, 4) is 0 Å². The Bertz CT molecular complexity index is 132. The van der Waals surface area contributed by atoms with Crippen LogP contribution in [0.5, 0.6) is 0 Å². The molecule has 1 aliphatic rings. The SMILES string of the molecule is CC(C)C(O)CN(C)C1CCC1. The minimum Gasteiger partial charge on any atom is -0.392 e. The molecule has 72 valence electrons. The van der Waals surface area contributed by atoms with Crippen molar-refractivity contribution in [3.05, 3.63) is 0 Å². The molecule has 1 unspecified atom stereocenters. The van der Waals surface area contributed by atoms with E-state index in [1.165, 1.54) is 19.3 Å². The molecule has 0 aromatic carbocycles. The summed E-state index contributed by atoms with van der Waals surface area (Å²) in [5.41, 5.74) is 0. The zero-order valence-corrected chi connectivity index (χ0v) is 8.45. The molecule has 1 aliphatic carbocycles. The van der Waals surface area contributed by atoms with E-state index in [0.717, 1.165) is 12.6 Å². The molecule has 0 saturated heterocycles. The summed E-state index contributed by atoms with van der Waals surface area (Å²) in [6.07, 6.45) is 3.85. The molecule has 0 aliphatic heterocycles. The van der Waals surface area contributed by atoms with Gasteiger partial charge in [-0.1, -0.05) is 20.3 Å². The van der Waals surface area contributed by atoms with Crippen molar-refractivity contribution in [2.45, 2.75) is 45.3 Å². The number of hydrogen-bond donors (Lipinski definition) is 1. The topological polar surface area (TPSA) is 23.5 Å². The molecule has 1 fully saturated rings. The quantitative estimate of drug-likeness (QED) is 0.692. The molecule has 0 aromatic heterocycles. The maximum Gasteiger partial charge on any atom is 0.0689 e. The van der Waals surface area contributed by atoms with Crippen LogP contribution in [-0.2, 0) is 0 Å². The van der Waals surface area contributed by atoms with Crippen LogP contribution in [0.25, 0.3) is 0 Å². The molecule has 1 N–H and O–H groups in total. The number of aliphatic hydroxyl groups is 1. The van der Waals surface area contributed by atoms with Gasteiger partial charge in [-0.25, -0.2) is 0 Å². The van der Waals surface area contributed by atoms with Gasteiger partial charge in [-0.05, 0) is 25.8 Å². The third kappa shape index (κ3) is 2.46. The van der Waals surface area contributed by atoms with Crippen LogP contribution in [0.3, 0.4) is 0 Å². The average Bonchev–Trinajstić information content (AvgIpc) is 1.82. The van der Waals surface area contributed by atoms with Gasteiger partial charge in [-0.2, -0.15) is 0 Å². The van der Waals surface area contributed by atoms with Gasteiger partial charge in [-0.3, -0.25) is 0 Å². The summed E-state index contributed by atoms with van der Waals surface area (Å²) in [4.78, 5) is 2.30. The van der Waals surface area contributed by atoms with Crippen LogP contribution in [-0.4, -0.2) is 35.7 Å². The highest BCUT2D eigenvalue weighted by molar-refractivity contribution is 4.79. The van der Waals surface area contributed by atoms with Crippen LogP contribution in [0.1, 0.15) is 33.1 Å². The zero-order chi connectivity index (χ0) is 9.14. The van der Waals surface area contributed by atoms with Crippen molar-refractivity contribution in [2.75, 3.05) is 13.6 Å². The number of nitrogens with zero attached hydrogens (tertiary/aromatic N) is 1. The highest BCUT2D eigenvalue weighted by atomic mass is 16.3. The molecule has 1 rings (SSSR count). The largest absolute Gasteiger partial charge is 0.392 e. The van der Waals surface area contributed by atoms with E-state index in [1.807, 2.05) is 0 Å². The van der Waals surface area contributed by atoms with Gasteiger partial charge >= 0.3 is 0 Å². The number of rotatable bonds is 4. The lowest BCUT2D eigenvalue weighted by atomic mass is 9.91. The van der Waals surface area contributed by atoms with Crippen molar-refractivity contribution in [2.24, 2.45) is 5.92 Å². The zero-order valence-electron chi connectivity index (χ0n) is 8.45. The van der Waals surface area contributed by atoms with Crippen LogP contribution in [0.4, 0.5) is 0 Å². The summed E-state index contributed by atoms with van der Waals surface area (Å²) in [5, 5.41) is 9.62. The number of aliphatic hydroxyl groups excluding tert-OH is 1. The highest BCUT2D eigenvalue weighted by Gasteiger charge is 2.24. The molecular formula is C10H21NO. The monoisotopic (exact) mass is 171 g/mol. The summed E-state index contributed by atoms with van der Waals surface area (Å²) in [6, 6.07) is 0.749. The molecule has 1 atom stereocenters. The molecule has 0 bridgehead atoms. The minimum absolute atomic E-state index is 0.157. The smallest absolute Gasteiger partial charge is 0.0689 e. The lowest BCUT2D eigenvalue weighted by Gasteiger charge is -2.36. The first-order valence-electron chi connectivity index (χ1n) is 4.99. The summed E-state index contributed by atoms with van der Waals surface area (Å²) < 4.78 is 0. The Balaban J connectivity index is 2.20. The highest BCUT2D eigenvalue weighted by Crippen LogP contribution is 2.23. The van der Waals surface area contributed by atoms with E-state index in [9.17, 15) is 5.11 Å². The van der Waals surface area contributed by atoms with Crippen LogP contribution in [0.15, 0.2) is 0 Å². The van der Waals surface area contributed by atoms with E-state index in [2.05, 4.69) is 25.8 Å². The Hall–Kier alpha value is -0.0800. The van der Waals surface area contributed by atoms with Crippen molar-refractivity contribution in [3.63, 3.8) is 0 Å². The predicted molar refractivity (Wildman–Crippen MR) is 51.1 cm³/mol. The van der Waals surface area contributed by atoms with Gasteiger partial charge in [0.15, 0.2) is 0 Å². The second-order valence-corrected chi connectivity index (χ2v) is 4.34. The first-order chi connectivity index (χ1) is 5.61. The Morgan fingerprint density at radius 1 is 1.42 bits per heavy atom. The normalized spacial score (nSPS) is 21.5. The Morgan fingerprint density at radius 3 is 2.33 bits per heavy atom. The van der Waals surface area contributed by atoms with Crippen molar-refractivity contribution in [1.82, 2.24) is 4.90 Å². The second-order valence-electron chi connectivity index (χ2n) is 4.34. The molecular weight excluding hydrogens is 150 g/mol. The van der Waals surface area contributed by atoms with E-state index in [0.29, 0.717) is 5.92 Å². The molecule has 12 heavy (non-hydrogen) atoms. The maximum absolute atomic E-state index is 9.62. The Morgan fingerprint density at radius 2 is 2.00 bits per heavy atom. The van der Waals surface area contributed by atoms with Gasteiger partial charge < -0.3 is 10.0 Å². The fourth-order valence-electron chi connectivity index (χ4n) is 1.48. The number of hydrogen-bond acceptors (Lipinski definition) is 2. The molecule has 0 aromatic rings. The van der Waals surface area contributed by atoms with Crippen molar-refractivity contribution >= 4 is 0 Å². The fraction of sp³-hybridized carbons (Fsp3) is 1.00. The van der Waals surface area contributed by atoms with Crippen LogP contribution < -0.4 is 0 Å². The molecule has 1 saturated carbocycles. The lowest BCUT2D eigenvalue weighted by Crippen LogP contribution is -2.42. The van der Waals surface area contributed by atoms with Gasteiger partial charge in [0.05, 0.1) is 6.10 Å². The van der Waals surface area contributed by atoms with E-state index in [4.69, 9.17) is 0 Å². The van der Waals surface area contributed by atoms with Gasteiger partial charge in [-0.15, -0.1) is 0 Å². The van der Waals surface area contributed by atoms with Crippen LogP contribution in [0.2, 0.25) is 0 Å². The summed E-state index contributed by atoms with van der Waals surface area (Å²) >= 11 is 0. The standard InChI is InChI=1S/C10H21NO/c1-8(2)10(12)7-11(3)9-5-4-6-9/h8-10,12H,4-7H2,1-3H3. The van der Waals surface area contributed by atoms with E-state index in [1.54, 1.807) is 0 Å². The molecule has 0 radical (unpaired) electrons. The predicted octanol–water partition coefficient (Wildman–Crippen LogP) is 1.49. The molecule has 0 heterocycles. The van der Waals surface area contributed by atoms with Gasteiger partial charge in [0.25, 0.3) is 0 Å². The Labute approximate surface area is 75.6 Å². The number of likely N-dealkylation sites (N-methyl/N-ethyl adjacent to an activating group) is 1. The first kappa shape index (κ1) is 10.0. The van der Waals surface area contributed by atoms with E-state index >= 15 is 0 Å². The van der Waals surface area contributed by atoms with Gasteiger partial charge in [0.1, 0.15) is 0 Å². The summed E-state index contributed by atoms with van der Waals surface area (Å²) in [6.45, 7) is 4.97. The molecule has 2 nitrogen and oxygen atoms in total. The third-order valence-electron chi connectivity index (χ3n) is 2.94. The lowest BCUT2D eigenvalue weighted by molar-refractivity contribution is 0.0518. The fourth-order valence-corrected chi connectivity index (χ4v) is 1.48. The van der Waals surface area contributed by atoms with E-state index in [-0.39, 0.29) is 6.10 Å². The average molecular weight is 171 g/mol. The van der Waals surface area contributed by atoms with Crippen LogP contribution >= 0.6 is 0 Å². The maximum atomic E-state index is 9.62.